The maximum Gasteiger partial charge on any atom is 0.573 e. The van der Waals surface area contributed by atoms with E-state index in [0.29, 0.717) is 11.1 Å². The van der Waals surface area contributed by atoms with Gasteiger partial charge in [-0.2, -0.15) is 13.2 Å². The zero-order valence-corrected chi connectivity index (χ0v) is 19.4. The fourth-order valence-corrected chi connectivity index (χ4v) is 3.98. The average Bonchev–Trinajstić information content (AvgIpc) is 3.09. The first kappa shape index (κ1) is 26.1. The van der Waals surface area contributed by atoms with Gasteiger partial charge in [0.2, 0.25) is 5.62 Å². The summed E-state index contributed by atoms with van der Waals surface area (Å²) < 4.78 is 85.7. The molecule has 1 heterocycles. The van der Waals surface area contributed by atoms with E-state index >= 15 is 0 Å². The molecule has 0 aliphatic carbocycles. The standard InChI is InChI=1S/C26H21F6N3O2/c1-3-18-12-19(25(27,28)29)13-22-23(18)34(2)24(35(22)14-16-4-6-17(15-36)7-5-16)33-20-8-10-21(11-9-20)37-26(30,31)32/h3-13,36H,1,14-15H2,2H3. The molecule has 0 unspecified atom stereocenters. The van der Waals surface area contributed by atoms with Crippen LogP contribution in [0.4, 0.5) is 32.0 Å². The molecule has 0 aliphatic heterocycles. The van der Waals surface area contributed by atoms with Crippen molar-refractivity contribution >= 4 is 22.8 Å². The molecular formula is C26H21F6N3O2. The number of fused-ring (bicyclic) bond motifs is 1. The number of hydrogen-bond donors (Lipinski definition) is 1. The highest BCUT2D eigenvalue weighted by Gasteiger charge is 2.32. The van der Waals surface area contributed by atoms with Crippen LogP contribution in [0.1, 0.15) is 22.3 Å². The van der Waals surface area contributed by atoms with Crippen molar-refractivity contribution in [2.45, 2.75) is 25.7 Å². The van der Waals surface area contributed by atoms with Gasteiger partial charge in [0.05, 0.1) is 35.4 Å². The molecule has 0 atom stereocenters. The number of hydrogen-bond acceptors (Lipinski definition) is 3. The van der Waals surface area contributed by atoms with E-state index in [1.165, 1.54) is 18.2 Å². The second kappa shape index (κ2) is 9.81. The number of benzene rings is 3. The molecule has 0 saturated carbocycles. The smallest absolute Gasteiger partial charge is 0.406 e. The summed E-state index contributed by atoms with van der Waals surface area (Å²) in [7, 11) is 1.63. The number of ether oxygens (including phenoxy) is 1. The Morgan fingerprint density at radius 2 is 1.57 bits per heavy atom. The number of halogens is 6. The fraction of sp³-hybridized carbons (Fsp3) is 0.192. The average molecular weight is 521 g/mol. The molecule has 0 bridgehead atoms. The number of aromatic nitrogens is 2. The predicted octanol–water partition coefficient (Wildman–Crippen LogP) is 6.31. The van der Waals surface area contributed by atoms with Crippen molar-refractivity contribution in [3.8, 4) is 5.75 Å². The van der Waals surface area contributed by atoms with Crippen LogP contribution < -0.4 is 10.4 Å². The number of aliphatic hydroxyl groups excluding tert-OH is 1. The van der Waals surface area contributed by atoms with E-state index in [1.807, 2.05) is 0 Å². The van der Waals surface area contributed by atoms with E-state index in [0.717, 1.165) is 29.8 Å². The van der Waals surface area contributed by atoms with Crippen LogP contribution in [0.25, 0.3) is 17.1 Å². The second-order valence-electron chi connectivity index (χ2n) is 8.21. The van der Waals surface area contributed by atoms with E-state index in [9.17, 15) is 31.4 Å². The molecule has 0 aliphatic rings. The van der Waals surface area contributed by atoms with E-state index in [2.05, 4.69) is 16.3 Å². The van der Waals surface area contributed by atoms with Gasteiger partial charge in [0.25, 0.3) is 0 Å². The summed E-state index contributed by atoms with van der Waals surface area (Å²) in [4.78, 5) is 4.55. The van der Waals surface area contributed by atoms with Crippen molar-refractivity contribution in [2.24, 2.45) is 12.0 Å². The molecule has 0 fully saturated rings. The Morgan fingerprint density at radius 1 is 0.946 bits per heavy atom. The molecule has 11 heteroatoms. The highest BCUT2D eigenvalue weighted by Crippen LogP contribution is 2.34. The monoisotopic (exact) mass is 521 g/mol. The Morgan fingerprint density at radius 3 is 2.11 bits per heavy atom. The summed E-state index contributed by atoms with van der Waals surface area (Å²) in [5.41, 5.74) is 2.01. The summed E-state index contributed by atoms with van der Waals surface area (Å²) >= 11 is 0. The number of rotatable bonds is 6. The van der Waals surface area contributed by atoms with Crippen LogP contribution in [0, 0.1) is 0 Å². The SMILES string of the molecule is C=Cc1cc(C(F)(F)F)cc2c1n(C)c(=Nc1ccc(OC(F)(F)F)cc1)n2Cc1ccc(CO)cc1. The van der Waals surface area contributed by atoms with Gasteiger partial charge in [-0.1, -0.05) is 36.9 Å². The minimum atomic E-state index is -4.85. The molecule has 1 aromatic heterocycles. The summed E-state index contributed by atoms with van der Waals surface area (Å²) in [5, 5.41) is 9.31. The molecule has 37 heavy (non-hydrogen) atoms. The first-order valence-electron chi connectivity index (χ1n) is 10.9. The molecule has 0 saturated heterocycles. The Balaban J connectivity index is 1.94. The number of aryl methyl sites for hydroxylation is 1. The largest absolute Gasteiger partial charge is 0.573 e. The van der Waals surface area contributed by atoms with E-state index in [1.54, 1.807) is 40.4 Å². The van der Waals surface area contributed by atoms with Gasteiger partial charge >= 0.3 is 12.5 Å². The predicted molar refractivity (Wildman–Crippen MR) is 126 cm³/mol. The van der Waals surface area contributed by atoms with Crippen LogP contribution in [-0.4, -0.2) is 20.6 Å². The zero-order valence-electron chi connectivity index (χ0n) is 19.4. The molecular weight excluding hydrogens is 500 g/mol. The topological polar surface area (TPSA) is 51.7 Å². The first-order chi connectivity index (χ1) is 17.4. The van der Waals surface area contributed by atoms with Crippen molar-refractivity contribution in [3.63, 3.8) is 0 Å². The zero-order chi connectivity index (χ0) is 27.0. The molecule has 5 nitrogen and oxygen atoms in total. The third-order valence-electron chi connectivity index (χ3n) is 5.68. The summed E-state index contributed by atoms with van der Waals surface area (Å²) in [6.45, 7) is 3.64. The first-order valence-corrected chi connectivity index (χ1v) is 10.9. The lowest BCUT2D eigenvalue weighted by atomic mass is 10.1. The van der Waals surface area contributed by atoms with Gasteiger partial charge in [0, 0.05) is 12.6 Å². The van der Waals surface area contributed by atoms with Gasteiger partial charge in [0.15, 0.2) is 0 Å². The quantitative estimate of drug-likeness (QED) is 0.302. The van der Waals surface area contributed by atoms with Crippen LogP contribution in [0.15, 0.2) is 72.2 Å². The minimum absolute atomic E-state index is 0.134. The normalized spacial score (nSPS) is 12.8. The molecule has 3 aromatic carbocycles. The molecule has 0 spiro atoms. The molecule has 4 rings (SSSR count). The van der Waals surface area contributed by atoms with Crippen LogP contribution in [0.5, 0.6) is 5.75 Å². The van der Waals surface area contributed by atoms with Crippen molar-refractivity contribution in [1.29, 1.82) is 0 Å². The van der Waals surface area contributed by atoms with Gasteiger partial charge < -0.3 is 19.0 Å². The maximum absolute atomic E-state index is 13.7. The van der Waals surface area contributed by atoms with Crippen LogP contribution in [0.2, 0.25) is 0 Å². The van der Waals surface area contributed by atoms with Crippen LogP contribution in [-0.2, 0) is 26.4 Å². The van der Waals surface area contributed by atoms with Gasteiger partial charge in [-0.3, -0.25) is 0 Å². The molecule has 0 radical (unpaired) electrons. The molecule has 0 amide bonds. The van der Waals surface area contributed by atoms with E-state index < -0.39 is 23.9 Å². The Kier molecular flexibility index (Phi) is 6.92. The third kappa shape index (κ3) is 5.72. The Bertz CT molecular complexity index is 1500. The Hall–Kier alpha value is -3.99. The lowest BCUT2D eigenvalue weighted by Gasteiger charge is -2.11. The maximum atomic E-state index is 13.7. The lowest BCUT2D eigenvalue weighted by Crippen LogP contribution is -2.24. The summed E-state index contributed by atoms with van der Waals surface area (Å²) in [5.74, 6) is -0.427. The molecule has 194 valence electrons. The van der Waals surface area contributed by atoms with Crippen molar-refractivity contribution in [1.82, 2.24) is 9.13 Å². The molecule has 4 aromatic rings. The summed E-state index contributed by atoms with van der Waals surface area (Å²) in [6.07, 6.45) is -8.13. The number of alkyl halides is 6. The Labute approximate surface area is 207 Å². The number of aliphatic hydroxyl groups is 1. The highest BCUT2D eigenvalue weighted by atomic mass is 19.4. The van der Waals surface area contributed by atoms with Gasteiger partial charge in [0.1, 0.15) is 5.75 Å². The van der Waals surface area contributed by atoms with Gasteiger partial charge in [-0.25, -0.2) is 4.99 Å². The molecule has 1 N–H and O–H groups in total. The van der Waals surface area contributed by atoms with Crippen molar-refractivity contribution < 1.29 is 36.2 Å². The third-order valence-corrected chi connectivity index (χ3v) is 5.68. The van der Waals surface area contributed by atoms with Crippen molar-refractivity contribution in [3.05, 3.63) is 95.1 Å². The fourth-order valence-electron chi connectivity index (χ4n) is 3.98. The summed E-state index contributed by atoms with van der Waals surface area (Å²) in [6, 6.07) is 13.8. The minimum Gasteiger partial charge on any atom is -0.406 e. The lowest BCUT2D eigenvalue weighted by molar-refractivity contribution is -0.274. The van der Waals surface area contributed by atoms with Gasteiger partial charge in [-0.05, 0) is 47.5 Å². The van der Waals surface area contributed by atoms with Gasteiger partial charge in [-0.15, -0.1) is 13.2 Å². The van der Waals surface area contributed by atoms with Crippen molar-refractivity contribution in [2.75, 3.05) is 0 Å². The second-order valence-corrected chi connectivity index (χ2v) is 8.21. The van der Waals surface area contributed by atoms with Crippen LogP contribution in [0.3, 0.4) is 0 Å². The number of imidazole rings is 1. The number of nitrogens with zero attached hydrogens (tertiary/aromatic N) is 3. The van der Waals surface area contributed by atoms with Crippen LogP contribution >= 0.6 is 0 Å². The van der Waals surface area contributed by atoms with E-state index in [-0.39, 0.29) is 35.5 Å². The highest BCUT2D eigenvalue weighted by molar-refractivity contribution is 5.86. The van der Waals surface area contributed by atoms with E-state index in [4.69, 9.17) is 0 Å².